The van der Waals surface area contributed by atoms with Crippen LogP contribution in [0.1, 0.15) is 73.4 Å². The lowest BCUT2D eigenvalue weighted by molar-refractivity contribution is -0.0564. The fourth-order valence-corrected chi connectivity index (χ4v) is 8.93. The van der Waals surface area contributed by atoms with Gasteiger partial charge in [-0.3, -0.25) is 4.79 Å². The first kappa shape index (κ1) is 31.4. The van der Waals surface area contributed by atoms with Crippen molar-refractivity contribution < 1.29 is 27.8 Å². The number of ether oxygens (including phenoxy) is 2. The van der Waals surface area contributed by atoms with E-state index in [1.54, 1.807) is 18.2 Å². The van der Waals surface area contributed by atoms with E-state index in [1.807, 2.05) is 37.3 Å². The van der Waals surface area contributed by atoms with Crippen LogP contribution in [-0.2, 0) is 27.8 Å². The maximum atomic E-state index is 13.7. The molecule has 2 aromatic carbocycles. The quantitative estimate of drug-likeness (QED) is 0.408. The number of aliphatic hydroxyl groups excluding tert-OH is 1. The summed E-state index contributed by atoms with van der Waals surface area (Å²) in [6.07, 6.45) is 9.36. The van der Waals surface area contributed by atoms with E-state index in [9.17, 15) is 18.3 Å². The van der Waals surface area contributed by atoms with Gasteiger partial charge in [-0.15, -0.1) is 0 Å². The van der Waals surface area contributed by atoms with Gasteiger partial charge in [-0.2, -0.15) is 0 Å². The van der Waals surface area contributed by atoms with Crippen molar-refractivity contribution in [2.24, 2.45) is 17.8 Å². The van der Waals surface area contributed by atoms with E-state index in [4.69, 9.17) is 21.1 Å². The number of benzene rings is 2. The number of nitrogens with one attached hydrogen (secondary N) is 1. The Bertz CT molecular complexity index is 1490. The minimum atomic E-state index is -4.02. The Hall–Kier alpha value is -2.59. The highest BCUT2D eigenvalue weighted by Crippen LogP contribution is 2.41. The molecule has 10 heteroatoms. The van der Waals surface area contributed by atoms with Crippen LogP contribution in [0, 0.1) is 17.8 Å². The molecule has 0 spiro atoms. The number of carbonyl (C=O) groups is 1. The van der Waals surface area contributed by atoms with Gasteiger partial charge in [-0.25, -0.2) is 13.1 Å². The van der Waals surface area contributed by atoms with E-state index in [-0.39, 0.29) is 29.4 Å². The number of hydrogen-bond donors (Lipinski definition) is 2. The number of rotatable bonds is 2. The van der Waals surface area contributed by atoms with Gasteiger partial charge in [-0.1, -0.05) is 36.7 Å². The zero-order valence-electron chi connectivity index (χ0n) is 25.3. The Morgan fingerprint density at radius 2 is 1.93 bits per heavy atom. The normalized spacial score (nSPS) is 31.4. The molecule has 2 bridgehead atoms. The lowest BCUT2D eigenvalue weighted by atomic mass is 9.70. The smallest absolute Gasteiger partial charge is 0.264 e. The molecule has 6 rings (SSSR count). The fourth-order valence-electron chi connectivity index (χ4n) is 7.02. The van der Waals surface area contributed by atoms with Gasteiger partial charge >= 0.3 is 0 Å². The molecule has 0 radical (unpaired) electrons. The summed E-state index contributed by atoms with van der Waals surface area (Å²) in [5.41, 5.74) is 3.28. The Morgan fingerprint density at radius 1 is 1.09 bits per heavy atom. The van der Waals surface area contributed by atoms with Crippen molar-refractivity contribution in [1.82, 2.24) is 4.72 Å². The summed E-state index contributed by atoms with van der Waals surface area (Å²) in [5, 5.41) is 11.1. The molecule has 2 aromatic rings. The van der Waals surface area contributed by atoms with Crippen LogP contribution in [0.3, 0.4) is 0 Å². The van der Waals surface area contributed by atoms with Crippen molar-refractivity contribution in [3.05, 3.63) is 70.3 Å². The van der Waals surface area contributed by atoms with E-state index in [0.717, 1.165) is 56.3 Å². The monoisotopic (exact) mass is 642 g/mol. The van der Waals surface area contributed by atoms with E-state index < -0.39 is 27.3 Å². The molecule has 8 nitrogen and oxygen atoms in total. The van der Waals surface area contributed by atoms with Crippen LogP contribution in [0.2, 0.25) is 5.02 Å². The minimum Gasteiger partial charge on any atom is -0.487 e. The summed E-state index contributed by atoms with van der Waals surface area (Å²) < 4.78 is 41.8. The first-order valence-corrected chi connectivity index (χ1v) is 17.9. The third-order valence-corrected chi connectivity index (χ3v) is 12.2. The molecule has 2 fully saturated rings. The topological polar surface area (TPSA) is 105 Å². The van der Waals surface area contributed by atoms with Crippen LogP contribution in [0.4, 0.5) is 5.69 Å². The zero-order chi connectivity index (χ0) is 30.8. The molecule has 238 valence electrons. The van der Waals surface area contributed by atoms with Crippen LogP contribution < -0.4 is 14.4 Å². The van der Waals surface area contributed by atoms with Gasteiger partial charge < -0.3 is 19.5 Å². The highest BCUT2D eigenvalue weighted by Gasteiger charge is 2.39. The Balaban J connectivity index is 1.37. The summed E-state index contributed by atoms with van der Waals surface area (Å²) in [5.74, 6) is 0.131. The van der Waals surface area contributed by atoms with E-state index in [2.05, 4.69) is 9.62 Å². The zero-order valence-corrected chi connectivity index (χ0v) is 26.9. The van der Waals surface area contributed by atoms with Gasteiger partial charge in [0.25, 0.3) is 5.91 Å². The number of allylic oxidation sites excluding steroid dienone is 1. The molecule has 1 aliphatic carbocycles. The molecule has 1 saturated carbocycles. The van der Waals surface area contributed by atoms with Gasteiger partial charge in [0, 0.05) is 30.3 Å². The maximum absolute atomic E-state index is 13.7. The molecular formula is C34H43ClN2O6S. The van der Waals surface area contributed by atoms with Crippen molar-refractivity contribution in [3.8, 4) is 5.75 Å². The number of aliphatic hydroxyl groups is 1. The summed E-state index contributed by atoms with van der Waals surface area (Å²) in [6.45, 7) is 4.32. The van der Waals surface area contributed by atoms with Crippen LogP contribution in [-0.4, -0.2) is 56.6 Å². The van der Waals surface area contributed by atoms with Gasteiger partial charge in [0.05, 0.1) is 23.1 Å². The number of hydrogen-bond acceptors (Lipinski definition) is 7. The molecule has 6 atom stereocenters. The van der Waals surface area contributed by atoms with Gasteiger partial charge in [0.1, 0.15) is 12.4 Å². The van der Waals surface area contributed by atoms with E-state index in [1.165, 1.54) is 5.56 Å². The summed E-state index contributed by atoms with van der Waals surface area (Å²) in [7, 11) is -4.02. The first-order chi connectivity index (χ1) is 21.2. The lowest BCUT2D eigenvalue weighted by Gasteiger charge is -2.42. The standard InChI is InChI=1S/C34H43ClN2O6S/c1-22-5-4-7-31(38)29-12-9-25(29)20-37-15-3-2-6-23-17-27(35)11-8-26(23)21-43-32-13-10-24(18-30(32)37)34(39)36-44(40,41)33(22)19-28-14-16-42-28/h4,7-8,10-11,13,17-18,22,25,28-29,31,33,38H,2-3,5-6,9,12,14-16,19-21H2,1H3,(H,36,39)/b7-4+/t22-,25+,28-,29-,31+,33+/m1/s1. The molecule has 44 heavy (non-hydrogen) atoms. The average Bonchev–Trinajstić information content (AvgIpc) is 2.96. The maximum Gasteiger partial charge on any atom is 0.264 e. The second-order valence-electron chi connectivity index (χ2n) is 13.0. The van der Waals surface area contributed by atoms with Gasteiger partial charge in [0.2, 0.25) is 10.0 Å². The van der Waals surface area contributed by atoms with Crippen molar-refractivity contribution >= 4 is 33.2 Å². The summed E-state index contributed by atoms with van der Waals surface area (Å²) in [4.78, 5) is 15.9. The number of amides is 1. The number of carbonyl (C=O) groups excluding carboxylic acids is 1. The number of anilines is 1. The molecule has 2 N–H and O–H groups in total. The number of halogens is 1. The molecule has 4 aliphatic rings. The molecule has 0 unspecified atom stereocenters. The molecule has 0 aromatic heterocycles. The van der Waals surface area contributed by atoms with Crippen molar-refractivity contribution in [3.63, 3.8) is 0 Å². The summed E-state index contributed by atoms with van der Waals surface area (Å²) in [6, 6.07) is 11.1. The SMILES string of the molecule is C[C@@H]1C/C=C/[C@H](O)[C@@H]2CC[C@H]2CN2CCCCc3cc(Cl)ccc3COc3ccc(cc32)C(=O)NS(=O)(=O)[C@H]1C[C@H]1CCO1. The number of fused-ring (bicyclic) bond motifs is 3. The number of sulfonamides is 1. The second kappa shape index (κ2) is 13.4. The number of nitrogens with zero attached hydrogens (tertiary/aromatic N) is 1. The highest BCUT2D eigenvalue weighted by molar-refractivity contribution is 7.90. The minimum absolute atomic E-state index is 0.123. The van der Waals surface area contributed by atoms with E-state index in [0.29, 0.717) is 43.4 Å². The molecule has 3 heterocycles. The van der Waals surface area contributed by atoms with Crippen molar-refractivity contribution in [1.29, 1.82) is 0 Å². The average molecular weight is 643 g/mol. The third kappa shape index (κ3) is 6.96. The molecule has 1 saturated heterocycles. The molecule has 1 amide bonds. The Kier molecular flexibility index (Phi) is 9.57. The van der Waals surface area contributed by atoms with Crippen molar-refractivity contribution in [2.75, 3.05) is 24.6 Å². The second-order valence-corrected chi connectivity index (χ2v) is 15.3. The lowest BCUT2D eigenvalue weighted by Crippen LogP contribution is -2.45. The molecular weight excluding hydrogens is 600 g/mol. The van der Waals surface area contributed by atoms with Gasteiger partial charge in [0.15, 0.2) is 0 Å². The Morgan fingerprint density at radius 3 is 2.68 bits per heavy atom. The van der Waals surface area contributed by atoms with Gasteiger partial charge in [-0.05, 0) is 111 Å². The predicted molar refractivity (Wildman–Crippen MR) is 172 cm³/mol. The predicted octanol–water partition coefficient (Wildman–Crippen LogP) is 5.65. The van der Waals surface area contributed by atoms with Crippen LogP contribution >= 0.6 is 11.6 Å². The first-order valence-electron chi connectivity index (χ1n) is 16.0. The van der Waals surface area contributed by atoms with Crippen LogP contribution in [0.15, 0.2) is 48.6 Å². The van der Waals surface area contributed by atoms with E-state index >= 15 is 0 Å². The van der Waals surface area contributed by atoms with Crippen LogP contribution in [0.25, 0.3) is 0 Å². The fraction of sp³-hybridized carbons (Fsp3) is 0.559. The largest absolute Gasteiger partial charge is 0.487 e. The number of aryl methyl sites for hydroxylation is 1. The summed E-state index contributed by atoms with van der Waals surface area (Å²) >= 11 is 6.32. The van der Waals surface area contributed by atoms with Crippen LogP contribution in [0.5, 0.6) is 5.75 Å². The van der Waals surface area contributed by atoms with Crippen molar-refractivity contribution in [2.45, 2.75) is 82.4 Å². The third-order valence-electron chi connectivity index (χ3n) is 10.0. The highest BCUT2D eigenvalue weighted by atomic mass is 35.5. The Labute approximate surface area is 265 Å². The molecule has 3 aliphatic heterocycles.